The van der Waals surface area contributed by atoms with E-state index in [0.29, 0.717) is 0 Å². The van der Waals surface area contributed by atoms with Gasteiger partial charge in [-0.15, -0.1) is 0 Å². The average molecular weight is 239 g/mol. The minimum atomic E-state index is -0.0151. The van der Waals surface area contributed by atoms with Crippen LogP contribution in [0.15, 0.2) is 54.6 Å². The third kappa shape index (κ3) is 2.98. The molecule has 1 N–H and O–H groups in total. The van der Waals surface area contributed by atoms with Crippen molar-refractivity contribution >= 4 is 5.91 Å². The van der Waals surface area contributed by atoms with Crippen molar-refractivity contribution in [2.24, 2.45) is 0 Å². The van der Waals surface area contributed by atoms with Crippen LogP contribution in [-0.4, -0.2) is 13.0 Å². The van der Waals surface area contributed by atoms with E-state index in [1.807, 2.05) is 42.5 Å². The van der Waals surface area contributed by atoms with E-state index < -0.39 is 0 Å². The minimum absolute atomic E-state index is 0.0151. The van der Waals surface area contributed by atoms with E-state index in [1.54, 1.807) is 7.05 Å². The van der Waals surface area contributed by atoms with Crippen LogP contribution in [-0.2, 0) is 12.8 Å². The maximum absolute atomic E-state index is 11.7. The molecule has 1 amide bonds. The summed E-state index contributed by atoms with van der Waals surface area (Å²) in [7, 11) is 1.66. The lowest BCUT2D eigenvalue weighted by atomic mass is 9.99. The number of nitrogens with one attached hydrogen (secondary N) is 1. The lowest BCUT2D eigenvalue weighted by Crippen LogP contribution is -2.19. The van der Waals surface area contributed by atoms with Gasteiger partial charge in [0.05, 0.1) is 0 Å². The lowest BCUT2D eigenvalue weighted by Gasteiger charge is -2.08. The Bertz CT molecular complexity index is 520. The molecule has 2 aromatic rings. The second-order valence-electron chi connectivity index (χ2n) is 4.22. The van der Waals surface area contributed by atoms with Crippen molar-refractivity contribution in [2.75, 3.05) is 7.05 Å². The summed E-state index contributed by atoms with van der Waals surface area (Å²) < 4.78 is 0. The van der Waals surface area contributed by atoms with Crippen molar-refractivity contribution < 1.29 is 4.79 Å². The Labute approximate surface area is 108 Å². The van der Waals surface area contributed by atoms with Gasteiger partial charge in [0.25, 0.3) is 5.91 Å². The van der Waals surface area contributed by atoms with Crippen molar-refractivity contribution in [2.45, 2.75) is 12.8 Å². The molecule has 0 radical (unpaired) electrons. The molecule has 2 aromatic carbocycles. The Morgan fingerprint density at radius 2 is 1.61 bits per heavy atom. The minimum Gasteiger partial charge on any atom is -0.355 e. The van der Waals surface area contributed by atoms with Crippen LogP contribution in [0.3, 0.4) is 0 Å². The standard InChI is InChI=1S/C16H17NO/c1-17-16(18)15-10-6-5-9-14(15)12-11-13-7-3-2-4-8-13/h2-10H,11-12H2,1H3,(H,17,18). The van der Waals surface area contributed by atoms with E-state index in [9.17, 15) is 4.79 Å². The predicted octanol–water partition coefficient (Wildman–Crippen LogP) is 2.83. The zero-order chi connectivity index (χ0) is 12.8. The van der Waals surface area contributed by atoms with E-state index >= 15 is 0 Å². The Morgan fingerprint density at radius 1 is 0.944 bits per heavy atom. The van der Waals surface area contributed by atoms with Crippen LogP contribution in [0.2, 0.25) is 0 Å². The first-order valence-electron chi connectivity index (χ1n) is 6.15. The molecule has 2 rings (SSSR count). The molecular weight excluding hydrogens is 222 g/mol. The highest BCUT2D eigenvalue weighted by Crippen LogP contribution is 2.12. The van der Waals surface area contributed by atoms with Gasteiger partial charge < -0.3 is 5.32 Å². The van der Waals surface area contributed by atoms with Gasteiger partial charge in [-0.05, 0) is 30.0 Å². The van der Waals surface area contributed by atoms with Crippen molar-refractivity contribution in [3.63, 3.8) is 0 Å². The zero-order valence-electron chi connectivity index (χ0n) is 10.5. The van der Waals surface area contributed by atoms with E-state index in [2.05, 4.69) is 17.4 Å². The molecule has 0 saturated carbocycles. The Balaban J connectivity index is 2.12. The van der Waals surface area contributed by atoms with Gasteiger partial charge in [-0.2, -0.15) is 0 Å². The molecule has 0 bridgehead atoms. The van der Waals surface area contributed by atoms with Gasteiger partial charge in [-0.1, -0.05) is 48.5 Å². The van der Waals surface area contributed by atoms with Crippen LogP contribution in [0.4, 0.5) is 0 Å². The monoisotopic (exact) mass is 239 g/mol. The number of carbonyl (C=O) groups is 1. The predicted molar refractivity (Wildman–Crippen MR) is 73.7 cm³/mol. The van der Waals surface area contributed by atoms with Gasteiger partial charge in [0.15, 0.2) is 0 Å². The lowest BCUT2D eigenvalue weighted by molar-refractivity contribution is 0.0962. The maximum atomic E-state index is 11.7. The summed E-state index contributed by atoms with van der Waals surface area (Å²) in [5.41, 5.74) is 3.17. The summed E-state index contributed by atoms with van der Waals surface area (Å²) in [4.78, 5) is 11.7. The SMILES string of the molecule is CNC(=O)c1ccccc1CCc1ccccc1. The molecule has 0 aromatic heterocycles. The van der Waals surface area contributed by atoms with Crippen LogP contribution >= 0.6 is 0 Å². The number of hydrogen-bond donors (Lipinski definition) is 1. The molecule has 0 heterocycles. The smallest absolute Gasteiger partial charge is 0.251 e. The van der Waals surface area contributed by atoms with Gasteiger partial charge in [0, 0.05) is 12.6 Å². The zero-order valence-corrected chi connectivity index (χ0v) is 10.5. The maximum Gasteiger partial charge on any atom is 0.251 e. The van der Waals surface area contributed by atoms with Crippen molar-refractivity contribution in [1.29, 1.82) is 0 Å². The van der Waals surface area contributed by atoms with Gasteiger partial charge in [0.1, 0.15) is 0 Å². The fraction of sp³-hybridized carbons (Fsp3) is 0.188. The molecule has 18 heavy (non-hydrogen) atoms. The molecule has 0 spiro atoms. The van der Waals surface area contributed by atoms with Crippen LogP contribution in [0.1, 0.15) is 21.5 Å². The van der Waals surface area contributed by atoms with Crippen LogP contribution in [0.25, 0.3) is 0 Å². The third-order valence-corrected chi connectivity index (χ3v) is 3.01. The summed E-state index contributed by atoms with van der Waals surface area (Å²) in [6.45, 7) is 0. The first-order valence-corrected chi connectivity index (χ1v) is 6.15. The molecule has 0 aliphatic rings. The highest BCUT2D eigenvalue weighted by molar-refractivity contribution is 5.95. The van der Waals surface area contributed by atoms with Gasteiger partial charge in [0.2, 0.25) is 0 Å². The molecule has 2 nitrogen and oxygen atoms in total. The topological polar surface area (TPSA) is 29.1 Å². The Kier molecular flexibility index (Phi) is 4.13. The van der Waals surface area contributed by atoms with E-state index in [4.69, 9.17) is 0 Å². The van der Waals surface area contributed by atoms with E-state index in [-0.39, 0.29) is 5.91 Å². The fourth-order valence-corrected chi connectivity index (χ4v) is 2.02. The summed E-state index contributed by atoms with van der Waals surface area (Å²) in [5, 5.41) is 2.68. The average Bonchev–Trinajstić information content (AvgIpc) is 2.45. The second-order valence-corrected chi connectivity index (χ2v) is 4.22. The quantitative estimate of drug-likeness (QED) is 0.873. The molecule has 2 heteroatoms. The Morgan fingerprint density at radius 3 is 2.33 bits per heavy atom. The fourth-order valence-electron chi connectivity index (χ4n) is 2.02. The molecule has 0 fully saturated rings. The van der Waals surface area contributed by atoms with E-state index in [1.165, 1.54) is 5.56 Å². The highest BCUT2D eigenvalue weighted by atomic mass is 16.1. The first kappa shape index (κ1) is 12.4. The van der Waals surface area contributed by atoms with Crippen LogP contribution < -0.4 is 5.32 Å². The summed E-state index contributed by atoms with van der Waals surface area (Å²) in [6.07, 6.45) is 1.84. The molecular formula is C16H17NO. The second kappa shape index (κ2) is 6.01. The number of aryl methyl sites for hydroxylation is 2. The molecule has 0 aliphatic heterocycles. The molecule has 92 valence electrons. The van der Waals surface area contributed by atoms with Gasteiger partial charge in [-0.3, -0.25) is 4.79 Å². The molecule has 0 unspecified atom stereocenters. The molecule has 0 saturated heterocycles. The first-order chi connectivity index (χ1) is 8.81. The number of benzene rings is 2. The van der Waals surface area contributed by atoms with Crippen molar-refractivity contribution in [3.05, 3.63) is 71.3 Å². The largest absolute Gasteiger partial charge is 0.355 e. The highest BCUT2D eigenvalue weighted by Gasteiger charge is 2.08. The summed E-state index contributed by atoms with van der Waals surface area (Å²) in [6, 6.07) is 18.1. The van der Waals surface area contributed by atoms with Crippen LogP contribution in [0.5, 0.6) is 0 Å². The Hall–Kier alpha value is -2.09. The molecule has 0 atom stereocenters. The van der Waals surface area contributed by atoms with Crippen LogP contribution in [0, 0.1) is 0 Å². The van der Waals surface area contributed by atoms with Gasteiger partial charge in [-0.25, -0.2) is 0 Å². The number of hydrogen-bond acceptors (Lipinski definition) is 1. The van der Waals surface area contributed by atoms with E-state index in [0.717, 1.165) is 24.0 Å². The molecule has 0 aliphatic carbocycles. The number of amides is 1. The van der Waals surface area contributed by atoms with Gasteiger partial charge >= 0.3 is 0 Å². The summed E-state index contributed by atoms with van der Waals surface area (Å²) >= 11 is 0. The third-order valence-electron chi connectivity index (χ3n) is 3.01. The number of rotatable bonds is 4. The van der Waals surface area contributed by atoms with Crippen molar-refractivity contribution in [3.8, 4) is 0 Å². The normalized spacial score (nSPS) is 10.1. The summed E-state index contributed by atoms with van der Waals surface area (Å²) in [5.74, 6) is -0.0151. The number of carbonyl (C=O) groups excluding carboxylic acids is 1. The van der Waals surface area contributed by atoms with Crippen molar-refractivity contribution in [1.82, 2.24) is 5.32 Å².